The van der Waals surface area contributed by atoms with Crippen LogP contribution in [0.5, 0.6) is 0 Å². The summed E-state index contributed by atoms with van der Waals surface area (Å²) in [5.74, 6) is -0.127. The molecule has 0 atom stereocenters. The Bertz CT molecular complexity index is 374. The number of para-hydroxylation sites is 1. The van der Waals surface area contributed by atoms with Gasteiger partial charge < -0.3 is 10.6 Å². The molecule has 0 bridgehead atoms. The molecule has 1 aliphatic carbocycles. The number of nitrogens with zero attached hydrogens (tertiary/aromatic N) is 1. The van der Waals surface area contributed by atoms with Gasteiger partial charge in [-0.2, -0.15) is 0 Å². The molecule has 1 aliphatic rings. The van der Waals surface area contributed by atoms with Crippen molar-refractivity contribution in [2.75, 3.05) is 24.5 Å². The van der Waals surface area contributed by atoms with E-state index < -0.39 is 0 Å². The SMILES string of the molecule is CCN(CC1(CCN)CC1)c1ccccc1F. The third-order valence-corrected chi connectivity index (χ3v) is 3.73. The first kappa shape index (κ1) is 12.4. The first-order chi connectivity index (χ1) is 8.21. The van der Waals surface area contributed by atoms with E-state index in [0.717, 1.165) is 31.7 Å². The highest BCUT2D eigenvalue weighted by Crippen LogP contribution is 2.49. The standard InChI is InChI=1S/C14H21FN2/c1-2-17(11-14(7-8-14)9-10-16)13-6-4-3-5-12(13)15/h3-6H,2,7-11,16H2,1H3. The Labute approximate surface area is 103 Å². The fourth-order valence-corrected chi connectivity index (χ4v) is 2.45. The van der Waals surface area contributed by atoms with E-state index >= 15 is 0 Å². The van der Waals surface area contributed by atoms with Gasteiger partial charge in [0.2, 0.25) is 0 Å². The van der Waals surface area contributed by atoms with Crippen molar-refractivity contribution in [3.8, 4) is 0 Å². The molecule has 0 aromatic heterocycles. The van der Waals surface area contributed by atoms with Gasteiger partial charge in [0.15, 0.2) is 0 Å². The molecule has 1 aromatic carbocycles. The minimum absolute atomic E-state index is 0.127. The maximum Gasteiger partial charge on any atom is 0.146 e. The molecule has 2 N–H and O–H groups in total. The summed E-state index contributed by atoms with van der Waals surface area (Å²) < 4.78 is 13.7. The molecule has 3 heteroatoms. The summed E-state index contributed by atoms with van der Waals surface area (Å²) in [6.45, 7) is 4.58. The molecule has 0 amide bonds. The van der Waals surface area contributed by atoms with E-state index in [1.165, 1.54) is 18.9 Å². The zero-order chi connectivity index (χ0) is 12.3. The number of anilines is 1. The largest absolute Gasteiger partial charge is 0.369 e. The minimum Gasteiger partial charge on any atom is -0.369 e. The van der Waals surface area contributed by atoms with Crippen LogP contribution in [-0.2, 0) is 0 Å². The summed E-state index contributed by atoms with van der Waals surface area (Å²) >= 11 is 0. The van der Waals surface area contributed by atoms with Gasteiger partial charge in [0.25, 0.3) is 0 Å². The topological polar surface area (TPSA) is 29.3 Å². The summed E-state index contributed by atoms with van der Waals surface area (Å²) in [6, 6.07) is 7.01. The lowest BCUT2D eigenvalue weighted by molar-refractivity contribution is 0.464. The Hall–Kier alpha value is -1.09. The number of rotatable bonds is 6. The maximum absolute atomic E-state index is 13.7. The summed E-state index contributed by atoms with van der Waals surface area (Å²) in [5, 5.41) is 0. The van der Waals surface area contributed by atoms with Crippen LogP contribution in [0.15, 0.2) is 24.3 Å². The van der Waals surface area contributed by atoms with Crippen LogP contribution in [0.4, 0.5) is 10.1 Å². The predicted molar refractivity (Wildman–Crippen MR) is 69.6 cm³/mol. The van der Waals surface area contributed by atoms with Crippen LogP contribution in [0.1, 0.15) is 26.2 Å². The molecule has 0 heterocycles. The van der Waals surface area contributed by atoms with Crippen LogP contribution in [0.25, 0.3) is 0 Å². The molecule has 2 rings (SSSR count). The van der Waals surface area contributed by atoms with Crippen molar-refractivity contribution in [1.29, 1.82) is 0 Å². The average molecular weight is 236 g/mol. The van der Waals surface area contributed by atoms with Gasteiger partial charge in [0.1, 0.15) is 5.82 Å². The number of nitrogens with two attached hydrogens (primary N) is 1. The molecule has 1 saturated carbocycles. The first-order valence-electron chi connectivity index (χ1n) is 6.40. The van der Waals surface area contributed by atoms with E-state index in [-0.39, 0.29) is 5.82 Å². The van der Waals surface area contributed by atoms with Crippen molar-refractivity contribution in [3.63, 3.8) is 0 Å². The molecule has 1 fully saturated rings. The van der Waals surface area contributed by atoms with Crippen molar-refractivity contribution >= 4 is 5.69 Å². The van der Waals surface area contributed by atoms with Gasteiger partial charge in [-0.3, -0.25) is 0 Å². The summed E-state index contributed by atoms with van der Waals surface area (Å²) in [5.41, 5.74) is 6.72. The Balaban J connectivity index is 2.10. The van der Waals surface area contributed by atoms with Gasteiger partial charge in [-0.1, -0.05) is 12.1 Å². The molecule has 0 saturated heterocycles. The Kier molecular flexibility index (Phi) is 3.67. The van der Waals surface area contributed by atoms with Crippen molar-refractivity contribution in [2.24, 2.45) is 11.1 Å². The molecular weight excluding hydrogens is 215 g/mol. The lowest BCUT2D eigenvalue weighted by Gasteiger charge is -2.28. The first-order valence-corrected chi connectivity index (χ1v) is 6.40. The van der Waals surface area contributed by atoms with Gasteiger partial charge in [0.05, 0.1) is 5.69 Å². The Morgan fingerprint density at radius 2 is 2.06 bits per heavy atom. The zero-order valence-electron chi connectivity index (χ0n) is 10.5. The molecule has 94 valence electrons. The third kappa shape index (κ3) is 2.78. The van der Waals surface area contributed by atoms with Crippen LogP contribution in [0.3, 0.4) is 0 Å². The molecule has 1 aromatic rings. The second-order valence-electron chi connectivity index (χ2n) is 5.00. The monoisotopic (exact) mass is 236 g/mol. The molecule has 0 aliphatic heterocycles. The number of hydrogen-bond acceptors (Lipinski definition) is 2. The summed E-state index contributed by atoms with van der Waals surface area (Å²) in [6.07, 6.45) is 3.52. The van der Waals surface area contributed by atoms with E-state index in [1.807, 2.05) is 12.1 Å². The summed E-state index contributed by atoms with van der Waals surface area (Å²) in [4.78, 5) is 2.14. The number of benzene rings is 1. The van der Waals surface area contributed by atoms with Crippen molar-refractivity contribution in [2.45, 2.75) is 26.2 Å². The quantitative estimate of drug-likeness (QED) is 0.823. The lowest BCUT2D eigenvalue weighted by Crippen LogP contribution is -2.32. The van der Waals surface area contributed by atoms with E-state index in [4.69, 9.17) is 5.73 Å². The average Bonchev–Trinajstić information content (AvgIpc) is 3.08. The zero-order valence-corrected chi connectivity index (χ0v) is 10.5. The molecule has 17 heavy (non-hydrogen) atoms. The number of hydrogen-bond donors (Lipinski definition) is 1. The maximum atomic E-state index is 13.7. The Morgan fingerprint density at radius 1 is 1.35 bits per heavy atom. The highest BCUT2D eigenvalue weighted by Gasteiger charge is 2.42. The van der Waals surface area contributed by atoms with Crippen molar-refractivity contribution < 1.29 is 4.39 Å². The Morgan fingerprint density at radius 3 is 2.59 bits per heavy atom. The smallest absolute Gasteiger partial charge is 0.146 e. The molecule has 0 spiro atoms. The van der Waals surface area contributed by atoms with E-state index in [1.54, 1.807) is 6.07 Å². The molecule has 0 radical (unpaired) electrons. The van der Waals surface area contributed by atoms with E-state index in [2.05, 4.69) is 11.8 Å². The van der Waals surface area contributed by atoms with Crippen LogP contribution in [-0.4, -0.2) is 19.6 Å². The van der Waals surface area contributed by atoms with Gasteiger partial charge in [-0.15, -0.1) is 0 Å². The lowest BCUT2D eigenvalue weighted by atomic mass is 10.0. The normalized spacial score (nSPS) is 16.9. The van der Waals surface area contributed by atoms with Crippen molar-refractivity contribution in [3.05, 3.63) is 30.1 Å². The van der Waals surface area contributed by atoms with Crippen LogP contribution >= 0.6 is 0 Å². The van der Waals surface area contributed by atoms with Crippen LogP contribution < -0.4 is 10.6 Å². The second kappa shape index (κ2) is 5.05. The van der Waals surface area contributed by atoms with Gasteiger partial charge in [-0.25, -0.2) is 4.39 Å². The molecule has 2 nitrogen and oxygen atoms in total. The number of halogens is 1. The van der Waals surface area contributed by atoms with Gasteiger partial charge in [0, 0.05) is 13.1 Å². The van der Waals surface area contributed by atoms with E-state index in [9.17, 15) is 4.39 Å². The van der Waals surface area contributed by atoms with E-state index in [0.29, 0.717) is 5.41 Å². The molecule has 0 unspecified atom stereocenters. The van der Waals surface area contributed by atoms with Crippen LogP contribution in [0, 0.1) is 11.2 Å². The fourth-order valence-electron chi connectivity index (χ4n) is 2.45. The highest BCUT2D eigenvalue weighted by molar-refractivity contribution is 5.48. The molecular formula is C14H21FN2. The second-order valence-corrected chi connectivity index (χ2v) is 5.00. The van der Waals surface area contributed by atoms with Crippen molar-refractivity contribution in [1.82, 2.24) is 0 Å². The fraction of sp³-hybridized carbons (Fsp3) is 0.571. The predicted octanol–water partition coefficient (Wildman–Crippen LogP) is 2.78. The highest BCUT2D eigenvalue weighted by atomic mass is 19.1. The summed E-state index contributed by atoms with van der Waals surface area (Å²) in [7, 11) is 0. The van der Waals surface area contributed by atoms with Gasteiger partial charge >= 0.3 is 0 Å². The van der Waals surface area contributed by atoms with Gasteiger partial charge in [-0.05, 0) is 50.3 Å². The minimum atomic E-state index is -0.127. The third-order valence-electron chi connectivity index (χ3n) is 3.73. The van der Waals surface area contributed by atoms with Crippen LogP contribution in [0.2, 0.25) is 0 Å².